The van der Waals surface area contributed by atoms with Crippen LogP contribution in [0.5, 0.6) is 17.2 Å². The molecule has 1 amide bonds. The number of aromatic nitrogens is 4. The first-order valence-corrected chi connectivity index (χ1v) is 11.8. The minimum Gasteiger partial charge on any atom is -0.493 e. The topological polar surface area (TPSA) is 130 Å². The van der Waals surface area contributed by atoms with Crippen molar-refractivity contribution in [3.05, 3.63) is 36.1 Å². The molecule has 0 unspecified atom stereocenters. The van der Waals surface area contributed by atoms with Crippen LogP contribution in [-0.4, -0.2) is 59.3 Å². The molecule has 0 radical (unpaired) electrons. The fraction of sp³-hybridized carbons (Fsp3) is 0.304. The quantitative estimate of drug-likeness (QED) is 0.379. The molecule has 1 saturated heterocycles. The normalized spacial score (nSPS) is 15.4. The van der Waals surface area contributed by atoms with E-state index in [2.05, 4.69) is 15.3 Å². The first kappa shape index (κ1) is 22.7. The first-order chi connectivity index (χ1) is 17.0. The third kappa shape index (κ3) is 4.16. The van der Waals surface area contributed by atoms with Gasteiger partial charge in [-0.1, -0.05) is 0 Å². The summed E-state index contributed by atoms with van der Waals surface area (Å²) in [5, 5.41) is 6.13. The van der Waals surface area contributed by atoms with Crippen LogP contribution < -0.4 is 30.2 Å². The molecule has 3 N–H and O–H groups in total. The van der Waals surface area contributed by atoms with Crippen molar-refractivity contribution < 1.29 is 19.0 Å². The summed E-state index contributed by atoms with van der Waals surface area (Å²) >= 11 is 1.51. The van der Waals surface area contributed by atoms with Crippen molar-refractivity contribution in [2.45, 2.75) is 18.9 Å². The molecule has 0 spiro atoms. The highest BCUT2D eigenvalue weighted by molar-refractivity contribution is 7.16. The summed E-state index contributed by atoms with van der Waals surface area (Å²) in [6.07, 6.45) is 5.08. The van der Waals surface area contributed by atoms with Gasteiger partial charge in [-0.3, -0.25) is 4.79 Å². The molecule has 1 fully saturated rings. The number of nitrogens with two attached hydrogens (primary N) is 1. The summed E-state index contributed by atoms with van der Waals surface area (Å²) in [4.78, 5) is 28.5. The second-order valence-electron chi connectivity index (χ2n) is 7.94. The second-order valence-corrected chi connectivity index (χ2v) is 8.83. The van der Waals surface area contributed by atoms with Gasteiger partial charge in [-0.2, -0.15) is 4.98 Å². The lowest BCUT2D eigenvalue weighted by atomic mass is 10.2. The molecular formula is C23H25N7O4S. The number of fused-ring (bicyclic) bond motifs is 1. The van der Waals surface area contributed by atoms with E-state index in [1.165, 1.54) is 11.3 Å². The van der Waals surface area contributed by atoms with Crippen LogP contribution in [0.3, 0.4) is 0 Å². The number of amides is 1. The van der Waals surface area contributed by atoms with Crippen LogP contribution in [0.4, 0.5) is 17.6 Å². The molecule has 11 nitrogen and oxygen atoms in total. The average molecular weight is 496 g/mol. The van der Waals surface area contributed by atoms with Crippen LogP contribution in [0.2, 0.25) is 0 Å². The van der Waals surface area contributed by atoms with E-state index in [9.17, 15) is 4.79 Å². The summed E-state index contributed by atoms with van der Waals surface area (Å²) in [5.74, 6) is 2.91. The first-order valence-electron chi connectivity index (χ1n) is 10.9. The van der Waals surface area contributed by atoms with Gasteiger partial charge in [-0.15, -0.1) is 11.3 Å². The van der Waals surface area contributed by atoms with Gasteiger partial charge in [-0.25, -0.2) is 9.97 Å². The van der Waals surface area contributed by atoms with Crippen molar-refractivity contribution in [3.8, 4) is 22.9 Å². The number of imidazole rings is 1. The van der Waals surface area contributed by atoms with Crippen molar-refractivity contribution in [2.75, 3.05) is 38.1 Å². The van der Waals surface area contributed by atoms with E-state index in [-0.39, 0.29) is 5.91 Å². The molecule has 35 heavy (non-hydrogen) atoms. The van der Waals surface area contributed by atoms with E-state index in [1.54, 1.807) is 27.7 Å². The average Bonchev–Trinajstić information content (AvgIpc) is 3.63. The molecule has 4 aromatic rings. The number of thiophene rings is 1. The highest BCUT2D eigenvalue weighted by atomic mass is 32.1. The zero-order valence-electron chi connectivity index (χ0n) is 19.5. The highest BCUT2D eigenvalue weighted by Gasteiger charge is 2.31. The highest BCUT2D eigenvalue weighted by Crippen LogP contribution is 2.39. The van der Waals surface area contributed by atoms with Crippen molar-refractivity contribution in [2.24, 2.45) is 5.73 Å². The van der Waals surface area contributed by atoms with Gasteiger partial charge in [0.1, 0.15) is 28.8 Å². The number of rotatable bonds is 8. The van der Waals surface area contributed by atoms with Crippen LogP contribution in [0, 0.1) is 0 Å². The number of methoxy groups -OCH3 is 3. The van der Waals surface area contributed by atoms with Gasteiger partial charge in [0, 0.05) is 18.7 Å². The van der Waals surface area contributed by atoms with Crippen molar-refractivity contribution in [1.82, 2.24) is 19.5 Å². The van der Waals surface area contributed by atoms with E-state index >= 15 is 0 Å². The van der Waals surface area contributed by atoms with Crippen LogP contribution in [-0.2, 0) is 4.79 Å². The molecule has 1 aliphatic rings. The Hall–Kier alpha value is -4.06. The standard InChI is InChI=1S/C23H25N7O4S/c1-32-16-9-13(10-17(33-2)19(16)34-3)29-11-18(25-12-29)26-21-14-6-8-35-22(14)28-23(27-21)30-7-4-5-15(30)20(24)31/h6,8-12,15H,4-5,7H2,1-3H3,(H2,24,31)(H,26,27,28)/t15-/m1/s1. The Morgan fingerprint density at radius 3 is 2.63 bits per heavy atom. The van der Waals surface area contributed by atoms with Crippen LogP contribution in [0.15, 0.2) is 36.1 Å². The van der Waals surface area contributed by atoms with E-state index in [0.717, 1.165) is 22.3 Å². The molecule has 5 rings (SSSR count). The molecule has 1 atom stereocenters. The summed E-state index contributed by atoms with van der Waals surface area (Å²) in [5.41, 5.74) is 6.39. The maximum atomic E-state index is 11.9. The van der Waals surface area contributed by atoms with E-state index < -0.39 is 6.04 Å². The van der Waals surface area contributed by atoms with Crippen molar-refractivity contribution in [3.63, 3.8) is 0 Å². The zero-order chi connectivity index (χ0) is 24.5. The zero-order valence-corrected chi connectivity index (χ0v) is 20.3. The number of nitrogens with one attached hydrogen (secondary N) is 1. The molecular weight excluding hydrogens is 470 g/mol. The number of nitrogens with zero attached hydrogens (tertiary/aromatic N) is 5. The lowest BCUT2D eigenvalue weighted by Crippen LogP contribution is -2.41. The third-order valence-corrected chi connectivity index (χ3v) is 6.73. The molecule has 0 bridgehead atoms. The Morgan fingerprint density at radius 2 is 1.94 bits per heavy atom. The van der Waals surface area contributed by atoms with Crippen LogP contribution >= 0.6 is 11.3 Å². The van der Waals surface area contributed by atoms with Gasteiger partial charge < -0.3 is 34.7 Å². The van der Waals surface area contributed by atoms with Crippen LogP contribution in [0.25, 0.3) is 15.9 Å². The smallest absolute Gasteiger partial charge is 0.240 e. The second kappa shape index (κ2) is 9.29. The SMILES string of the molecule is COc1cc(-n2cnc(Nc3nc(N4CCC[C@@H]4C(N)=O)nc4sccc34)c2)cc(OC)c1OC. The number of carbonyl (C=O) groups excluding carboxylic acids is 1. The molecule has 3 aromatic heterocycles. The number of ether oxygens (including phenoxy) is 3. The fourth-order valence-corrected chi connectivity index (χ4v) is 5.00. The summed E-state index contributed by atoms with van der Waals surface area (Å²) in [6, 6.07) is 5.23. The van der Waals surface area contributed by atoms with Crippen molar-refractivity contribution >= 4 is 45.0 Å². The molecule has 0 aliphatic carbocycles. The number of hydrogen-bond acceptors (Lipinski definition) is 10. The maximum Gasteiger partial charge on any atom is 0.240 e. The lowest BCUT2D eigenvalue weighted by molar-refractivity contribution is -0.119. The van der Waals surface area contributed by atoms with Crippen LogP contribution in [0.1, 0.15) is 12.8 Å². The summed E-state index contributed by atoms with van der Waals surface area (Å²) in [7, 11) is 4.71. The Bertz CT molecular complexity index is 1360. The minimum absolute atomic E-state index is 0.365. The monoisotopic (exact) mass is 495 g/mol. The predicted octanol–water partition coefficient (Wildman–Crippen LogP) is 3.10. The fourth-order valence-electron chi connectivity index (χ4n) is 4.24. The maximum absolute atomic E-state index is 11.9. The number of anilines is 3. The molecule has 1 aromatic carbocycles. The van der Waals surface area contributed by atoms with Gasteiger partial charge in [0.15, 0.2) is 11.5 Å². The summed E-state index contributed by atoms with van der Waals surface area (Å²) < 4.78 is 18.2. The van der Waals surface area contributed by atoms with E-state index in [1.807, 2.05) is 39.2 Å². The van der Waals surface area contributed by atoms with Gasteiger partial charge in [-0.05, 0) is 24.3 Å². The van der Waals surface area contributed by atoms with E-state index in [0.29, 0.717) is 47.8 Å². The van der Waals surface area contributed by atoms with Gasteiger partial charge in [0.2, 0.25) is 17.6 Å². The predicted molar refractivity (Wildman–Crippen MR) is 133 cm³/mol. The Labute approximate surface area is 205 Å². The van der Waals surface area contributed by atoms with Gasteiger partial charge >= 0.3 is 0 Å². The third-order valence-electron chi connectivity index (χ3n) is 5.93. The lowest BCUT2D eigenvalue weighted by Gasteiger charge is -2.22. The minimum atomic E-state index is -0.403. The number of benzene rings is 1. The number of carbonyl (C=O) groups is 1. The summed E-state index contributed by atoms with van der Waals surface area (Å²) in [6.45, 7) is 0.680. The molecule has 12 heteroatoms. The molecule has 0 saturated carbocycles. The largest absolute Gasteiger partial charge is 0.493 e. The van der Waals surface area contributed by atoms with Gasteiger partial charge in [0.25, 0.3) is 0 Å². The van der Waals surface area contributed by atoms with Crippen molar-refractivity contribution in [1.29, 1.82) is 0 Å². The Balaban J connectivity index is 1.48. The molecule has 4 heterocycles. The Morgan fingerprint density at radius 1 is 1.17 bits per heavy atom. The number of hydrogen-bond donors (Lipinski definition) is 2. The molecule has 1 aliphatic heterocycles. The number of primary amides is 1. The van der Waals surface area contributed by atoms with E-state index in [4.69, 9.17) is 24.9 Å². The Kier molecular flexibility index (Phi) is 6.03. The van der Waals surface area contributed by atoms with Gasteiger partial charge in [0.05, 0.1) is 38.6 Å². The molecule has 182 valence electrons.